The van der Waals surface area contributed by atoms with Crippen molar-refractivity contribution in [1.82, 2.24) is 5.32 Å². The van der Waals surface area contributed by atoms with E-state index in [0.717, 1.165) is 33.8 Å². The van der Waals surface area contributed by atoms with Crippen molar-refractivity contribution in [1.29, 1.82) is 0 Å². The molecule has 3 aromatic rings. The summed E-state index contributed by atoms with van der Waals surface area (Å²) >= 11 is 0. The minimum absolute atomic E-state index is 0.118. The number of carbonyl (C=O) groups excluding carboxylic acids is 1. The van der Waals surface area contributed by atoms with Gasteiger partial charge in [-0.2, -0.15) is 0 Å². The molecule has 6 nitrogen and oxygen atoms in total. The van der Waals surface area contributed by atoms with Crippen molar-refractivity contribution in [3.63, 3.8) is 0 Å². The van der Waals surface area contributed by atoms with E-state index in [2.05, 4.69) is 23.5 Å². The molecule has 1 aliphatic rings. The average Bonchev–Trinajstić information content (AvgIpc) is 2.87. The standard InChI is InChI=1S/C29H34N2O4S/c1-20-9-14-26(15-10-20)36(33,34)31(27-17-21(2)11-16-28(27)35-4)19-29(32)30-22(3)24-13-12-23-7-5-6-8-25(23)18-24/h9-18,22H,5-8,19H2,1-4H3,(H,30,32). The monoisotopic (exact) mass is 506 g/mol. The van der Waals surface area contributed by atoms with Gasteiger partial charge < -0.3 is 10.1 Å². The highest BCUT2D eigenvalue weighted by Gasteiger charge is 2.30. The predicted molar refractivity (Wildman–Crippen MR) is 143 cm³/mol. The Morgan fingerprint density at radius 3 is 2.31 bits per heavy atom. The zero-order valence-corrected chi connectivity index (χ0v) is 22.2. The van der Waals surface area contributed by atoms with Crippen molar-refractivity contribution in [2.24, 2.45) is 0 Å². The van der Waals surface area contributed by atoms with Crippen LogP contribution in [0.1, 0.15) is 53.6 Å². The summed E-state index contributed by atoms with van der Waals surface area (Å²) in [6.45, 7) is 5.32. The first kappa shape index (κ1) is 25.8. The van der Waals surface area contributed by atoms with Crippen LogP contribution in [0.4, 0.5) is 5.69 Å². The van der Waals surface area contributed by atoms with Crippen molar-refractivity contribution < 1.29 is 17.9 Å². The molecule has 0 fully saturated rings. The molecule has 0 saturated carbocycles. The fraction of sp³-hybridized carbons (Fsp3) is 0.345. The number of amides is 1. The van der Waals surface area contributed by atoms with E-state index >= 15 is 0 Å². The lowest BCUT2D eigenvalue weighted by Gasteiger charge is -2.27. The van der Waals surface area contributed by atoms with Gasteiger partial charge in [0.05, 0.1) is 23.7 Å². The number of hydrogen-bond acceptors (Lipinski definition) is 4. The molecule has 0 bridgehead atoms. The van der Waals surface area contributed by atoms with Crippen LogP contribution in [0.3, 0.4) is 0 Å². The number of fused-ring (bicyclic) bond motifs is 1. The molecule has 1 unspecified atom stereocenters. The molecule has 3 aromatic carbocycles. The molecule has 0 heterocycles. The van der Waals surface area contributed by atoms with Gasteiger partial charge >= 0.3 is 0 Å². The maximum Gasteiger partial charge on any atom is 0.264 e. The Labute approximate surface area is 214 Å². The summed E-state index contributed by atoms with van der Waals surface area (Å²) in [6, 6.07) is 18.0. The number of benzene rings is 3. The number of nitrogens with one attached hydrogen (secondary N) is 1. The second-order valence-corrected chi connectivity index (χ2v) is 11.4. The summed E-state index contributed by atoms with van der Waals surface area (Å²) in [6.07, 6.45) is 4.55. The first-order valence-electron chi connectivity index (χ1n) is 12.3. The van der Waals surface area contributed by atoms with Crippen LogP contribution in [0, 0.1) is 13.8 Å². The molecule has 7 heteroatoms. The fourth-order valence-corrected chi connectivity index (χ4v) is 6.08. The zero-order chi connectivity index (χ0) is 25.9. The van der Waals surface area contributed by atoms with E-state index in [1.807, 2.05) is 26.8 Å². The van der Waals surface area contributed by atoms with Crippen molar-refractivity contribution in [2.75, 3.05) is 18.0 Å². The summed E-state index contributed by atoms with van der Waals surface area (Å²) in [5.41, 5.74) is 5.88. The molecule has 0 radical (unpaired) electrons. The van der Waals surface area contributed by atoms with Crippen LogP contribution < -0.4 is 14.4 Å². The van der Waals surface area contributed by atoms with Gasteiger partial charge in [0.1, 0.15) is 12.3 Å². The van der Waals surface area contributed by atoms with Gasteiger partial charge in [0, 0.05) is 0 Å². The van der Waals surface area contributed by atoms with Gasteiger partial charge in [-0.1, -0.05) is 42.0 Å². The Kier molecular flexibility index (Phi) is 7.69. The van der Waals surface area contributed by atoms with Crippen molar-refractivity contribution in [3.8, 4) is 5.75 Å². The quantitative estimate of drug-likeness (QED) is 0.452. The van der Waals surface area contributed by atoms with Crippen LogP contribution in [-0.4, -0.2) is 28.0 Å². The molecule has 190 valence electrons. The first-order chi connectivity index (χ1) is 17.2. The molecular weight excluding hydrogens is 472 g/mol. The summed E-state index contributed by atoms with van der Waals surface area (Å²) in [5, 5.41) is 3.00. The molecular formula is C29H34N2O4S. The number of rotatable bonds is 8. The van der Waals surface area contributed by atoms with Gasteiger partial charge in [-0.05, 0) is 93.0 Å². The Morgan fingerprint density at radius 2 is 1.61 bits per heavy atom. The maximum atomic E-state index is 13.8. The lowest BCUT2D eigenvalue weighted by atomic mass is 9.89. The lowest BCUT2D eigenvalue weighted by Crippen LogP contribution is -2.41. The van der Waals surface area contributed by atoms with Gasteiger partial charge in [0.15, 0.2) is 0 Å². The molecule has 0 aromatic heterocycles. The molecule has 36 heavy (non-hydrogen) atoms. The Bertz CT molecular complexity index is 1350. The van der Waals surface area contributed by atoms with Gasteiger partial charge in [-0.3, -0.25) is 9.10 Å². The number of anilines is 1. The molecule has 1 amide bonds. The molecule has 1 aliphatic carbocycles. The third kappa shape index (κ3) is 5.57. The topological polar surface area (TPSA) is 75.7 Å². The minimum Gasteiger partial charge on any atom is -0.495 e. The smallest absolute Gasteiger partial charge is 0.264 e. The molecule has 1 atom stereocenters. The van der Waals surface area contributed by atoms with Gasteiger partial charge in [-0.15, -0.1) is 0 Å². The second-order valence-electron chi connectivity index (χ2n) is 9.52. The Hall–Kier alpha value is -3.32. The summed E-state index contributed by atoms with van der Waals surface area (Å²) in [4.78, 5) is 13.4. The second kappa shape index (κ2) is 10.7. The van der Waals surface area contributed by atoms with Crippen LogP contribution in [0.25, 0.3) is 0 Å². The van der Waals surface area contributed by atoms with Crippen molar-refractivity contribution in [3.05, 3.63) is 88.5 Å². The number of nitrogens with zero attached hydrogens (tertiary/aromatic N) is 1. The average molecular weight is 507 g/mol. The number of ether oxygens (including phenoxy) is 1. The normalized spacial score (nSPS) is 14.0. The van der Waals surface area contributed by atoms with Crippen LogP contribution in [0.15, 0.2) is 65.6 Å². The molecule has 0 spiro atoms. The minimum atomic E-state index is -4.04. The Balaban J connectivity index is 1.63. The third-order valence-electron chi connectivity index (χ3n) is 6.75. The van der Waals surface area contributed by atoms with E-state index < -0.39 is 10.0 Å². The largest absolute Gasteiger partial charge is 0.495 e. The van der Waals surface area contributed by atoms with Crippen molar-refractivity contribution >= 4 is 21.6 Å². The summed E-state index contributed by atoms with van der Waals surface area (Å²) < 4.78 is 34.1. The maximum absolute atomic E-state index is 13.8. The predicted octanol–water partition coefficient (Wildman–Crippen LogP) is 5.26. The zero-order valence-electron chi connectivity index (χ0n) is 21.4. The number of aryl methyl sites for hydroxylation is 4. The highest BCUT2D eigenvalue weighted by Crippen LogP contribution is 2.33. The lowest BCUT2D eigenvalue weighted by molar-refractivity contribution is -0.120. The highest BCUT2D eigenvalue weighted by atomic mass is 32.2. The van der Waals surface area contributed by atoms with Gasteiger partial charge in [0.25, 0.3) is 10.0 Å². The van der Waals surface area contributed by atoms with E-state index in [4.69, 9.17) is 4.74 Å². The highest BCUT2D eigenvalue weighted by molar-refractivity contribution is 7.92. The fourth-order valence-electron chi connectivity index (χ4n) is 4.66. The third-order valence-corrected chi connectivity index (χ3v) is 8.52. The van der Waals surface area contributed by atoms with E-state index in [-0.39, 0.29) is 23.4 Å². The molecule has 1 N–H and O–H groups in total. The van der Waals surface area contributed by atoms with Crippen LogP contribution >= 0.6 is 0 Å². The number of sulfonamides is 1. The van der Waals surface area contributed by atoms with Gasteiger partial charge in [-0.25, -0.2) is 8.42 Å². The van der Waals surface area contributed by atoms with E-state index in [9.17, 15) is 13.2 Å². The van der Waals surface area contributed by atoms with Gasteiger partial charge in [0.2, 0.25) is 5.91 Å². The van der Waals surface area contributed by atoms with E-state index in [1.54, 1.807) is 36.4 Å². The number of methoxy groups -OCH3 is 1. The number of carbonyl (C=O) groups is 1. The Morgan fingerprint density at radius 1 is 0.944 bits per heavy atom. The molecule has 0 saturated heterocycles. The summed E-state index contributed by atoms with van der Waals surface area (Å²) in [5.74, 6) is -0.00807. The summed E-state index contributed by atoms with van der Waals surface area (Å²) in [7, 11) is -2.55. The first-order valence-corrected chi connectivity index (χ1v) is 13.8. The SMILES string of the molecule is COc1ccc(C)cc1N(CC(=O)NC(C)c1ccc2c(c1)CCCC2)S(=O)(=O)c1ccc(C)cc1. The van der Waals surface area contributed by atoms with Crippen molar-refractivity contribution in [2.45, 2.75) is 57.4 Å². The van der Waals surface area contributed by atoms with Crippen LogP contribution in [0.2, 0.25) is 0 Å². The molecule has 0 aliphatic heterocycles. The van der Waals surface area contributed by atoms with E-state index in [0.29, 0.717) is 11.4 Å². The molecule has 4 rings (SSSR count). The van der Waals surface area contributed by atoms with Crippen LogP contribution in [0.5, 0.6) is 5.75 Å². The van der Waals surface area contributed by atoms with Crippen LogP contribution in [-0.2, 0) is 27.7 Å². The number of hydrogen-bond donors (Lipinski definition) is 1. The van der Waals surface area contributed by atoms with E-state index in [1.165, 1.54) is 31.1 Å².